The highest BCUT2D eigenvalue weighted by Crippen LogP contribution is 2.22. The molecule has 0 radical (unpaired) electrons. The summed E-state index contributed by atoms with van der Waals surface area (Å²) >= 11 is 1.54. The van der Waals surface area contributed by atoms with E-state index in [9.17, 15) is 13.2 Å². The Balaban J connectivity index is 1.41. The summed E-state index contributed by atoms with van der Waals surface area (Å²) in [6.45, 7) is 2.79. The minimum atomic E-state index is -2.86. The zero-order valence-corrected chi connectivity index (χ0v) is 14.9. The van der Waals surface area contributed by atoms with Gasteiger partial charge in [-0.25, -0.2) is 13.4 Å². The minimum Gasteiger partial charge on any atom is -0.336 e. The van der Waals surface area contributed by atoms with E-state index in [1.807, 2.05) is 23.1 Å². The number of hydrogen-bond donors (Lipinski definition) is 0. The second-order valence-electron chi connectivity index (χ2n) is 6.42. The van der Waals surface area contributed by atoms with Crippen LogP contribution in [0, 0.1) is 0 Å². The first-order chi connectivity index (χ1) is 11.5. The van der Waals surface area contributed by atoms with Crippen molar-refractivity contribution in [2.45, 2.75) is 12.5 Å². The molecule has 1 amide bonds. The molecule has 2 aliphatic heterocycles. The number of carbonyl (C=O) groups excluding carboxylic acids is 1. The Morgan fingerprint density at radius 3 is 2.71 bits per heavy atom. The largest absolute Gasteiger partial charge is 0.336 e. The average molecular weight is 365 g/mol. The van der Waals surface area contributed by atoms with Gasteiger partial charge in [0.25, 0.3) is 5.91 Å². The molecule has 0 spiro atoms. The number of carbonyl (C=O) groups is 1. The third kappa shape index (κ3) is 3.05. The van der Waals surface area contributed by atoms with Crippen molar-refractivity contribution < 1.29 is 13.2 Å². The molecule has 0 N–H and O–H groups in total. The fourth-order valence-corrected chi connectivity index (χ4v) is 6.00. The van der Waals surface area contributed by atoms with Crippen molar-refractivity contribution in [1.29, 1.82) is 0 Å². The highest BCUT2D eigenvalue weighted by atomic mass is 32.2. The zero-order valence-electron chi connectivity index (χ0n) is 13.2. The van der Waals surface area contributed by atoms with E-state index in [0.29, 0.717) is 24.4 Å². The second kappa shape index (κ2) is 6.09. The Labute approximate surface area is 145 Å². The van der Waals surface area contributed by atoms with Crippen molar-refractivity contribution in [2.75, 3.05) is 37.7 Å². The van der Waals surface area contributed by atoms with E-state index in [0.717, 1.165) is 29.7 Å². The Hall–Kier alpha value is -1.51. The Kier molecular flexibility index (Phi) is 4.06. The van der Waals surface area contributed by atoms with Crippen LogP contribution < -0.4 is 0 Å². The number of amides is 1. The lowest BCUT2D eigenvalue weighted by atomic mass is 10.1. The number of fused-ring (bicyclic) bond motifs is 1. The molecule has 4 rings (SSSR count). The van der Waals surface area contributed by atoms with Crippen LogP contribution in [-0.4, -0.2) is 72.8 Å². The van der Waals surface area contributed by atoms with Crippen LogP contribution in [0.5, 0.6) is 0 Å². The van der Waals surface area contributed by atoms with Crippen LogP contribution in [-0.2, 0) is 9.84 Å². The number of piperazine rings is 1. The highest BCUT2D eigenvalue weighted by molar-refractivity contribution is 7.91. The van der Waals surface area contributed by atoms with Gasteiger partial charge in [0.05, 0.1) is 27.2 Å². The number of rotatable bonds is 2. The molecule has 1 aromatic heterocycles. The lowest BCUT2D eigenvalue weighted by Gasteiger charge is -2.37. The summed E-state index contributed by atoms with van der Waals surface area (Å²) < 4.78 is 24.3. The molecule has 6 nitrogen and oxygen atoms in total. The third-order valence-electron chi connectivity index (χ3n) is 4.90. The van der Waals surface area contributed by atoms with Crippen molar-refractivity contribution >= 4 is 37.3 Å². The van der Waals surface area contributed by atoms with Gasteiger partial charge in [0.15, 0.2) is 9.84 Å². The van der Waals surface area contributed by atoms with E-state index < -0.39 is 9.84 Å². The second-order valence-corrected chi connectivity index (χ2v) is 9.53. The zero-order chi connectivity index (χ0) is 16.7. The van der Waals surface area contributed by atoms with Crippen molar-refractivity contribution in [3.8, 4) is 0 Å². The standard InChI is InChI=1S/C16H19N3O3S2/c20-16(12-1-2-14-15(9-12)23-11-17-14)19-6-4-18(5-7-19)13-3-8-24(21,22)10-13/h1-2,9,11,13H,3-8,10H2/t13-/m1/s1. The van der Waals surface area contributed by atoms with E-state index in [2.05, 4.69) is 9.88 Å². The summed E-state index contributed by atoms with van der Waals surface area (Å²) in [5, 5.41) is 0. The van der Waals surface area contributed by atoms with E-state index in [1.165, 1.54) is 11.3 Å². The number of hydrogen-bond acceptors (Lipinski definition) is 6. The van der Waals surface area contributed by atoms with E-state index in [-0.39, 0.29) is 17.7 Å². The van der Waals surface area contributed by atoms with Gasteiger partial charge < -0.3 is 4.90 Å². The molecule has 2 saturated heterocycles. The van der Waals surface area contributed by atoms with Crippen LogP contribution in [0.25, 0.3) is 10.2 Å². The van der Waals surface area contributed by atoms with Gasteiger partial charge in [0.1, 0.15) is 0 Å². The maximum Gasteiger partial charge on any atom is 0.253 e. The topological polar surface area (TPSA) is 70.6 Å². The van der Waals surface area contributed by atoms with Crippen LogP contribution in [0.3, 0.4) is 0 Å². The number of sulfone groups is 1. The molecule has 3 heterocycles. The smallest absolute Gasteiger partial charge is 0.253 e. The first-order valence-electron chi connectivity index (χ1n) is 8.09. The van der Waals surface area contributed by atoms with Crippen LogP contribution in [0.15, 0.2) is 23.7 Å². The molecule has 0 unspecified atom stereocenters. The van der Waals surface area contributed by atoms with Crippen LogP contribution in [0.2, 0.25) is 0 Å². The van der Waals surface area contributed by atoms with Gasteiger partial charge in [-0.15, -0.1) is 11.3 Å². The molecule has 2 fully saturated rings. The van der Waals surface area contributed by atoms with Gasteiger partial charge in [-0.2, -0.15) is 0 Å². The normalized spacial score (nSPS) is 24.5. The van der Waals surface area contributed by atoms with Gasteiger partial charge in [0, 0.05) is 37.8 Å². The Morgan fingerprint density at radius 1 is 1.21 bits per heavy atom. The van der Waals surface area contributed by atoms with Gasteiger partial charge >= 0.3 is 0 Å². The SMILES string of the molecule is O=C(c1ccc2ncsc2c1)N1CCN([C@@H]2CCS(=O)(=O)C2)CC1. The molecule has 1 atom stereocenters. The van der Waals surface area contributed by atoms with E-state index in [4.69, 9.17) is 0 Å². The summed E-state index contributed by atoms with van der Waals surface area (Å²) in [6.07, 6.45) is 0.721. The summed E-state index contributed by atoms with van der Waals surface area (Å²) in [5.74, 6) is 0.610. The summed E-state index contributed by atoms with van der Waals surface area (Å²) in [5.41, 5.74) is 3.40. The molecule has 0 saturated carbocycles. The van der Waals surface area contributed by atoms with Gasteiger partial charge in [-0.05, 0) is 24.6 Å². The summed E-state index contributed by atoms with van der Waals surface area (Å²) in [7, 11) is -2.86. The first-order valence-corrected chi connectivity index (χ1v) is 10.8. The van der Waals surface area contributed by atoms with Gasteiger partial charge in [-0.1, -0.05) is 0 Å². The Morgan fingerprint density at radius 2 is 2.00 bits per heavy atom. The van der Waals surface area contributed by atoms with Gasteiger partial charge in [0.2, 0.25) is 0 Å². The maximum absolute atomic E-state index is 12.7. The van der Waals surface area contributed by atoms with Crippen molar-refractivity contribution in [2.24, 2.45) is 0 Å². The van der Waals surface area contributed by atoms with Crippen molar-refractivity contribution in [3.63, 3.8) is 0 Å². The molecule has 128 valence electrons. The number of aromatic nitrogens is 1. The van der Waals surface area contributed by atoms with Crippen LogP contribution >= 0.6 is 11.3 Å². The highest BCUT2D eigenvalue weighted by Gasteiger charge is 2.34. The first kappa shape index (κ1) is 16.0. The summed E-state index contributed by atoms with van der Waals surface area (Å²) in [6, 6.07) is 5.75. The third-order valence-corrected chi connectivity index (χ3v) is 7.45. The summed E-state index contributed by atoms with van der Waals surface area (Å²) in [4.78, 5) is 21.0. The monoisotopic (exact) mass is 365 g/mol. The van der Waals surface area contributed by atoms with Crippen molar-refractivity contribution in [3.05, 3.63) is 29.3 Å². The molecule has 2 aliphatic rings. The lowest BCUT2D eigenvalue weighted by Crippen LogP contribution is -2.52. The molecular formula is C16H19N3O3S2. The van der Waals surface area contributed by atoms with Gasteiger partial charge in [-0.3, -0.25) is 9.69 Å². The minimum absolute atomic E-state index is 0.0454. The molecule has 2 aromatic rings. The molecular weight excluding hydrogens is 346 g/mol. The lowest BCUT2D eigenvalue weighted by molar-refractivity contribution is 0.0588. The molecule has 1 aromatic carbocycles. The quantitative estimate of drug-likeness (QED) is 0.801. The predicted octanol–water partition coefficient (Wildman–Crippen LogP) is 1.24. The van der Waals surface area contributed by atoms with Crippen molar-refractivity contribution in [1.82, 2.24) is 14.8 Å². The van der Waals surface area contributed by atoms with Crippen LogP contribution in [0.1, 0.15) is 16.8 Å². The fourth-order valence-electron chi connectivity index (χ4n) is 3.52. The number of thiazole rings is 1. The predicted molar refractivity (Wildman–Crippen MR) is 94.2 cm³/mol. The molecule has 8 heteroatoms. The molecule has 0 aliphatic carbocycles. The average Bonchev–Trinajstić information content (AvgIpc) is 3.19. The number of nitrogens with zero attached hydrogens (tertiary/aromatic N) is 3. The van der Waals surface area contributed by atoms with Crippen LogP contribution in [0.4, 0.5) is 0 Å². The fraction of sp³-hybridized carbons (Fsp3) is 0.500. The molecule has 0 bridgehead atoms. The molecule has 24 heavy (non-hydrogen) atoms. The number of benzene rings is 1. The Bertz CT molecular complexity index is 870. The van der Waals surface area contributed by atoms with E-state index >= 15 is 0 Å². The van der Waals surface area contributed by atoms with E-state index in [1.54, 1.807) is 5.51 Å². The maximum atomic E-state index is 12.7.